The monoisotopic (exact) mass is 439 g/mol. The van der Waals surface area contributed by atoms with Crippen molar-refractivity contribution < 1.29 is 9.53 Å². The van der Waals surface area contributed by atoms with Crippen molar-refractivity contribution in [2.24, 2.45) is 0 Å². The van der Waals surface area contributed by atoms with Gasteiger partial charge in [-0.2, -0.15) is 5.10 Å². The fourth-order valence-corrected chi connectivity index (χ4v) is 4.36. The number of ether oxygens (including phenoxy) is 1. The van der Waals surface area contributed by atoms with Gasteiger partial charge < -0.3 is 9.64 Å². The number of para-hydroxylation sites is 1. The quantitative estimate of drug-likeness (QED) is 0.402. The summed E-state index contributed by atoms with van der Waals surface area (Å²) >= 11 is 0. The van der Waals surface area contributed by atoms with E-state index in [0.29, 0.717) is 6.54 Å². The Hall–Kier alpha value is -4.00. The molecule has 0 spiro atoms. The molecule has 1 saturated heterocycles. The molecule has 5 rings (SSSR count). The van der Waals surface area contributed by atoms with Crippen LogP contribution in [0.15, 0.2) is 79.8 Å². The topological polar surface area (TPSA) is 73.1 Å². The fraction of sp³-hybridized carbons (Fsp3) is 0.231. The van der Waals surface area contributed by atoms with Crippen LogP contribution in [0.2, 0.25) is 0 Å². The molecule has 1 aliphatic rings. The van der Waals surface area contributed by atoms with Gasteiger partial charge in [-0.3, -0.25) is 4.79 Å². The molecular formula is C26H25N5O2. The van der Waals surface area contributed by atoms with E-state index < -0.39 is 0 Å². The summed E-state index contributed by atoms with van der Waals surface area (Å²) < 4.78 is 7.81. The van der Waals surface area contributed by atoms with E-state index in [1.165, 1.54) is 12.4 Å². The van der Waals surface area contributed by atoms with Gasteiger partial charge in [-0.15, -0.1) is 0 Å². The van der Waals surface area contributed by atoms with E-state index in [-0.39, 0.29) is 11.9 Å². The number of carbonyl (C=O) groups is 1. The predicted molar refractivity (Wildman–Crippen MR) is 127 cm³/mol. The first-order valence-corrected chi connectivity index (χ1v) is 11.2. The number of benzene rings is 2. The zero-order valence-electron chi connectivity index (χ0n) is 18.3. The summed E-state index contributed by atoms with van der Waals surface area (Å²) in [5.74, 6) is 1.52. The molecule has 7 heteroatoms. The highest BCUT2D eigenvalue weighted by atomic mass is 16.5. The number of aromatic nitrogens is 4. The van der Waals surface area contributed by atoms with Crippen molar-refractivity contribution in [2.45, 2.75) is 31.8 Å². The smallest absolute Gasteiger partial charge is 0.246 e. The van der Waals surface area contributed by atoms with Crippen LogP contribution in [0.4, 0.5) is 0 Å². The third-order valence-corrected chi connectivity index (χ3v) is 5.99. The molecule has 33 heavy (non-hydrogen) atoms. The molecule has 1 aliphatic heterocycles. The van der Waals surface area contributed by atoms with Gasteiger partial charge in [0, 0.05) is 18.3 Å². The van der Waals surface area contributed by atoms with Crippen LogP contribution in [0.5, 0.6) is 11.5 Å². The van der Waals surface area contributed by atoms with E-state index in [1.807, 2.05) is 64.2 Å². The maximum Gasteiger partial charge on any atom is 0.246 e. The van der Waals surface area contributed by atoms with E-state index in [1.54, 1.807) is 6.20 Å². The Balaban J connectivity index is 1.44. The molecule has 1 fully saturated rings. The Labute approximate surface area is 192 Å². The van der Waals surface area contributed by atoms with Crippen LogP contribution in [-0.2, 0) is 11.3 Å². The molecule has 166 valence electrons. The molecule has 0 saturated carbocycles. The molecule has 0 unspecified atom stereocenters. The number of piperidine rings is 1. The summed E-state index contributed by atoms with van der Waals surface area (Å²) in [5, 5.41) is 5.78. The highest BCUT2D eigenvalue weighted by molar-refractivity contribution is 5.90. The second-order valence-corrected chi connectivity index (χ2v) is 8.12. The van der Waals surface area contributed by atoms with Crippen molar-refractivity contribution in [2.75, 3.05) is 6.54 Å². The average Bonchev–Trinajstić information content (AvgIpc) is 3.23. The SMILES string of the molecule is C=CC(=O)N1CCCC[C@H]1Cn1nc(-c2ccc(Oc3ccccc3)cc2)c2cncnc21. The molecule has 3 heterocycles. The van der Waals surface area contributed by atoms with Crippen molar-refractivity contribution >= 4 is 16.9 Å². The molecule has 0 bridgehead atoms. The summed E-state index contributed by atoms with van der Waals surface area (Å²) in [5.41, 5.74) is 2.53. The van der Waals surface area contributed by atoms with Crippen molar-refractivity contribution in [3.05, 3.63) is 79.8 Å². The number of hydrogen-bond acceptors (Lipinski definition) is 5. The molecule has 4 aromatic rings. The standard InChI is InChI=1S/C26H25N5O2/c1-2-24(32)30-15-7-6-8-20(30)17-31-26-23(16-27-18-28-26)25(29-31)19-11-13-22(14-12-19)33-21-9-4-3-5-10-21/h2-5,9-14,16,18,20H,1,6-8,15,17H2/t20-/m0/s1. The normalized spacial score (nSPS) is 16.0. The lowest BCUT2D eigenvalue weighted by atomic mass is 10.0. The van der Waals surface area contributed by atoms with Crippen LogP contribution in [0.25, 0.3) is 22.3 Å². The predicted octanol–water partition coefficient (Wildman–Crippen LogP) is 4.85. The zero-order chi connectivity index (χ0) is 22.6. The maximum atomic E-state index is 12.4. The average molecular weight is 440 g/mol. The largest absolute Gasteiger partial charge is 0.457 e. The fourth-order valence-electron chi connectivity index (χ4n) is 4.36. The number of nitrogens with zero attached hydrogens (tertiary/aromatic N) is 5. The van der Waals surface area contributed by atoms with Gasteiger partial charge in [-0.05, 0) is 61.7 Å². The molecular weight excluding hydrogens is 414 g/mol. The second-order valence-electron chi connectivity index (χ2n) is 8.12. The lowest BCUT2D eigenvalue weighted by molar-refractivity contribution is -0.129. The summed E-state index contributed by atoms with van der Waals surface area (Å²) in [6, 6.07) is 17.6. The summed E-state index contributed by atoms with van der Waals surface area (Å²) in [6.07, 6.45) is 7.77. The summed E-state index contributed by atoms with van der Waals surface area (Å²) in [7, 11) is 0. The molecule has 1 atom stereocenters. The molecule has 2 aromatic carbocycles. The van der Waals surface area contributed by atoms with Crippen molar-refractivity contribution in [3.63, 3.8) is 0 Å². The van der Waals surface area contributed by atoms with Crippen LogP contribution in [0.1, 0.15) is 19.3 Å². The van der Waals surface area contributed by atoms with Crippen molar-refractivity contribution in [1.29, 1.82) is 0 Å². The number of hydrogen-bond donors (Lipinski definition) is 0. The van der Waals surface area contributed by atoms with E-state index in [2.05, 4.69) is 16.5 Å². The van der Waals surface area contributed by atoms with Crippen LogP contribution in [0, 0.1) is 0 Å². The lowest BCUT2D eigenvalue weighted by Gasteiger charge is -2.35. The first-order valence-electron chi connectivity index (χ1n) is 11.2. The molecule has 2 aromatic heterocycles. The Morgan fingerprint density at radius 2 is 1.88 bits per heavy atom. The number of carbonyl (C=O) groups excluding carboxylic acids is 1. The third kappa shape index (κ3) is 4.35. The van der Waals surface area contributed by atoms with Gasteiger partial charge in [-0.1, -0.05) is 24.8 Å². The van der Waals surface area contributed by atoms with E-state index in [4.69, 9.17) is 9.84 Å². The van der Waals surface area contributed by atoms with Gasteiger partial charge in [0.25, 0.3) is 0 Å². The first-order chi connectivity index (χ1) is 16.2. The van der Waals surface area contributed by atoms with Gasteiger partial charge in [0.1, 0.15) is 23.5 Å². The Kier molecular flexibility index (Phi) is 5.85. The molecule has 7 nitrogen and oxygen atoms in total. The van der Waals surface area contributed by atoms with Crippen molar-refractivity contribution in [1.82, 2.24) is 24.6 Å². The Morgan fingerprint density at radius 3 is 2.67 bits per heavy atom. The minimum Gasteiger partial charge on any atom is -0.457 e. The maximum absolute atomic E-state index is 12.4. The second kappa shape index (κ2) is 9.24. The highest BCUT2D eigenvalue weighted by Crippen LogP contribution is 2.30. The number of likely N-dealkylation sites (tertiary alicyclic amines) is 1. The van der Waals surface area contributed by atoms with E-state index in [0.717, 1.165) is 59.6 Å². The van der Waals surface area contributed by atoms with Crippen LogP contribution in [0.3, 0.4) is 0 Å². The third-order valence-electron chi connectivity index (χ3n) is 5.99. The molecule has 0 aliphatic carbocycles. The minimum absolute atomic E-state index is 0.0278. The van der Waals surface area contributed by atoms with Crippen molar-refractivity contribution in [3.8, 4) is 22.8 Å². The van der Waals surface area contributed by atoms with E-state index in [9.17, 15) is 4.79 Å². The summed E-state index contributed by atoms with van der Waals surface area (Å²) in [6.45, 7) is 4.99. The first kappa shape index (κ1) is 20.9. The highest BCUT2D eigenvalue weighted by Gasteiger charge is 2.27. The lowest BCUT2D eigenvalue weighted by Crippen LogP contribution is -2.45. The minimum atomic E-state index is -0.0278. The van der Waals surface area contributed by atoms with Crippen LogP contribution in [-0.4, -0.2) is 43.1 Å². The van der Waals surface area contributed by atoms with Gasteiger partial charge >= 0.3 is 0 Å². The number of rotatable bonds is 6. The van der Waals surface area contributed by atoms with Gasteiger partial charge in [0.05, 0.1) is 18.0 Å². The van der Waals surface area contributed by atoms with Gasteiger partial charge in [-0.25, -0.2) is 14.6 Å². The number of amides is 1. The van der Waals surface area contributed by atoms with Gasteiger partial charge in [0.15, 0.2) is 5.65 Å². The van der Waals surface area contributed by atoms with Gasteiger partial charge in [0.2, 0.25) is 5.91 Å². The number of fused-ring (bicyclic) bond motifs is 1. The van der Waals surface area contributed by atoms with Crippen LogP contribution < -0.4 is 4.74 Å². The molecule has 0 radical (unpaired) electrons. The Morgan fingerprint density at radius 1 is 1.09 bits per heavy atom. The zero-order valence-corrected chi connectivity index (χ0v) is 18.3. The van der Waals surface area contributed by atoms with Crippen LogP contribution >= 0.6 is 0 Å². The molecule has 1 amide bonds. The summed E-state index contributed by atoms with van der Waals surface area (Å²) in [4.78, 5) is 23.0. The van der Waals surface area contributed by atoms with E-state index >= 15 is 0 Å². The molecule has 0 N–H and O–H groups in total. The Bertz CT molecular complexity index is 1270.